The van der Waals surface area contributed by atoms with E-state index in [1.807, 2.05) is 6.20 Å². The summed E-state index contributed by atoms with van der Waals surface area (Å²) in [6.45, 7) is 1.28. The predicted molar refractivity (Wildman–Crippen MR) is 71.1 cm³/mol. The van der Waals surface area contributed by atoms with Crippen LogP contribution in [0.25, 0.3) is 5.57 Å². The fourth-order valence-electron chi connectivity index (χ4n) is 2.87. The second-order valence-electron chi connectivity index (χ2n) is 4.90. The molecule has 94 valence electrons. The molecule has 2 aliphatic rings. The van der Waals surface area contributed by atoms with Gasteiger partial charge in [0.15, 0.2) is 0 Å². The van der Waals surface area contributed by atoms with Crippen molar-refractivity contribution in [3.8, 4) is 0 Å². The molecule has 5 heteroatoms. The number of amides is 1. The Hall–Kier alpha value is -1.36. The number of pyridine rings is 1. The molecule has 0 aromatic carbocycles. The Morgan fingerprint density at radius 3 is 2.94 bits per heavy atom. The van der Waals surface area contributed by atoms with Crippen molar-refractivity contribution in [1.82, 2.24) is 9.88 Å². The molecule has 1 aliphatic carbocycles. The Bertz CT molecular complexity index is 529. The van der Waals surface area contributed by atoms with E-state index in [1.165, 1.54) is 10.5 Å². The molecule has 1 aromatic rings. The van der Waals surface area contributed by atoms with Crippen LogP contribution in [0.15, 0.2) is 29.0 Å². The zero-order valence-corrected chi connectivity index (χ0v) is 11.3. The summed E-state index contributed by atoms with van der Waals surface area (Å²) < 4.78 is 0.977. The summed E-state index contributed by atoms with van der Waals surface area (Å²) in [6.07, 6.45) is 6.01. The highest BCUT2D eigenvalue weighted by Crippen LogP contribution is 2.41. The number of hydrogen-bond donors (Lipinski definition) is 1. The van der Waals surface area contributed by atoms with Crippen LogP contribution in [0.4, 0.5) is 4.79 Å². The van der Waals surface area contributed by atoms with E-state index < -0.39 is 6.09 Å². The van der Waals surface area contributed by atoms with Crippen LogP contribution in [0.2, 0.25) is 0 Å². The molecule has 0 spiro atoms. The van der Waals surface area contributed by atoms with Crippen LogP contribution in [0, 0.1) is 11.8 Å². The smallest absolute Gasteiger partial charge is 0.407 e. The number of carbonyl (C=O) groups is 1. The molecule has 1 saturated heterocycles. The lowest BCUT2D eigenvalue weighted by molar-refractivity contribution is 0.153. The van der Waals surface area contributed by atoms with Gasteiger partial charge in [0, 0.05) is 30.0 Å². The number of carboxylic acid groups (broad SMARTS) is 1. The standard InChI is InChI=1S/C13H13BrN2O2/c14-12-3-9(4-15-5-12)8-1-10-6-16(13(17)18)7-11(10)2-8/h1,3-5,10-11H,2,6-7H2,(H,17,18)/t10-,11+/m0/s1. The first kappa shape index (κ1) is 11.7. The third-order valence-electron chi connectivity index (χ3n) is 3.74. The summed E-state index contributed by atoms with van der Waals surface area (Å²) in [7, 11) is 0. The van der Waals surface area contributed by atoms with Crippen molar-refractivity contribution in [2.24, 2.45) is 11.8 Å². The highest BCUT2D eigenvalue weighted by atomic mass is 79.9. The molecule has 18 heavy (non-hydrogen) atoms. The minimum atomic E-state index is -0.802. The molecule has 4 nitrogen and oxygen atoms in total. The lowest BCUT2D eigenvalue weighted by atomic mass is 9.99. The molecule has 1 aromatic heterocycles. The Morgan fingerprint density at radius 2 is 2.28 bits per heavy atom. The Labute approximate surface area is 113 Å². The Kier molecular flexibility index (Phi) is 2.86. The van der Waals surface area contributed by atoms with Crippen LogP contribution in [-0.4, -0.2) is 34.2 Å². The van der Waals surface area contributed by atoms with E-state index in [9.17, 15) is 4.79 Å². The fourth-order valence-corrected chi connectivity index (χ4v) is 3.23. The van der Waals surface area contributed by atoms with Gasteiger partial charge < -0.3 is 10.0 Å². The third-order valence-corrected chi connectivity index (χ3v) is 4.17. The number of halogens is 1. The number of likely N-dealkylation sites (tertiary alicyclic amines) is 1. The largest absolute Gasteiger partial charge is 0.465 e. The summed E-state index contributed by atoms with van der Waals surface area (Å²) in [5, 5.41) is 8.98. The first-order chi connectivity index (χ1) is 8.63. The SMILES string of the molecule is O=C(O)N1C[C@H]2CC(c3cncc(Br)c3)=C[C@H]2C1. The number of hydrogen-bond acceptors (Lipinski definition) is 2. The van der Waals surface area contributed by atoms with Crippen molar-refractivity contribution in [1.29, 1.82) is 0 Å². The average molecular weight is 309 g/mol. The number of aromatic nitrogens is 1. The second-order valence-corrected chi connectivity index (χ2v) is 5.82. The van der Waals surface area contributed by atoms with Gasteiger partial charge in [-0.3, -0.25) is 4.98 Å². The second kappa shape index (κ2) is 4.39. The van der Waals surface area contributed by atoms with Gasteiger partial charge in [0.1, 0.15) is 0 Å². The van der Waals surface area contributed by atoms with Crippen LogP contribution in [0.1, 0.15) is 12.0 Å². The lowest BCUT2D eigenvalue weighted by Gasteiger charge is -2.12. The minimum Gasteiger partial charge on any atom is -0.465 e. The maximum atomic E-state index is 10.9. The molecule has 1 aliphatic heterocycles. The number of fused-ring (bicyclic) bond motifs is 1. The van der Waals surface area contributed by atoms with E-state index in [1.54, 1.807) is 6.20 Å². The molecule has 0 unspecified atom stereocenters. The summed E-state index contributed by atoms with van der Waals surface area (Å²) in [5.41, 5.74) is 2.43. The lowest BCUT2D eigenvalue weighted by Crippen LogP contribution is -2.27. The molecule has 2 atom stereocenters. The predicted octanol–water partition coefficient (Wildman–Crippen LogP) is 2.86. The third kappa shape index (κ3) is 2.03. The van der Waals surface area contributed by atoms with E-state index in [0.29, 0.717) is 24.9 Å². The quantitative estimate of drug-likeness (QED) is 0.868. The van der Waals surface area contributed by atoms with Crippen LogP contribution in [0.5, 0.6) is 0 Å². The van der Waals surface area contributed by atoms with Gasteiger partial charge >= 0.3 is 6.09 Å². The van der Waals surface area contributed by atoms with Gasteiger partial charge in [0.2, 0.25) is 0 Å². The van der Waals surface area contributed by atoms with Crippen molar-refractivity contribution in [3.05, 3.63) is 34.6 Å². The summed E-state index contributed by atoms with van der Waals surface area (Å²) in [4.78, 5) is 16.6. The van der Waals surface area contributed by atoms with Gasteiger partial charge in [-0.05, 0) is 51.4 Å². The van der Waals surface area contributed by atoms with Gasteiger partial charge in [-0.15, -0.1) is 0 Å². The van der Waals surface area contributed by atoms with Crippen molar-refractivity contribution < 1.29 is 9.90 Å². The minimum absolute atomic E-state index is 0.370. The van der Waals surface area contributed by atoms with Crippen LogP contribution in [0.3, 0.4) is 0 Å². The van der Waals surface area contributed by atoms with E-state index in [-0.39, 0.29) is 0 Å². The van der Waals surface area contributed by atoms with Crippen molar-refractivity contribution in [2.45, 2.75) is 6.42 Å². The van der Waals surface area contributed by atoms with Gasteiger partial charge in [0.05, 0.1) is 0 Å². The Balaban J connectivity index is 1.79. The monoisotopic (exact) mass is 308 g/mol. The number of rotatable bonds is 1. The van der Waals surface area contributed by atoms with Gasteiger partial charge in [-0.1, -0.05) is 6.08 Å². The molecule has 0 bridgehead atoms. The summed E-state index contributed by atoms with van der Waals surface area (Å²) in [5.74, 6) is 0.810. The first-order valence-corrected chi connectivity index (χ1v) is 6.72. The highest BCUT2D eigenvalue weighted by Gasteiger charge is 2.38. The molecule has 1 amide bonds. The van der Waals surface area contributed by atoms with E-state index >= 15 is 0 Å². The van der Waals surface area contributed by atoms with Crippen LogP contribution in [-0.2, 0) is 0 Å². The van der Waals surface area contributed by atoms with Crippen LogP contribution >= 0.6 is 15.9 Å². The molecule has 1 fully saturated rings. The van der Waals surface area contributed by atoms with Crippen molar-refractivity contribution >= 4 is 27.6 Å². The first-order valence-electron chi connectivity index (χ1n) is 5.93. The molecule has 0 saturated carbocycles. The zero-order chi connectivity index (χ0) is 12.7. The maximum Gasteiger partial charge on any atom is 0.407 e. The van der Waals surface area contributed by atoms with E-state index in [0.717, 1.165) is 16.5 Å². The molecule has 0 radical (unpaired) electrons. The fraction of sp³-hybridized carbons (Fsp3) is 0.385. The molecule has 3 rings (SSSR count). The molecular formula is C13H13BrN2O2. The van der Waals surface area contributed by atoms with Crippen molar-refractivity contribution in [3.63, 3.8) is 0 Å². The average Bonchev–Trinajstić information content (AvgIpc) is 2.86. The summed E-state index contributed by atoms with van der Waals surface area (Å²) in [6, 6.07) is 2.06. The van der Waals surface area contributed by atoms with Crippen molar-refractivity contribution in [2.75, 3.05) is 13.1 Å². The highest BCUT2D eigenvalue weighted by molar-refractivity contribution is 9.10. The van der Waals surface area contributed by atoms with E-state index in [2.05, 4.69) is 33.1 Å². The van der Waals surface area contributed by atoms with Gasteiger partial charge in [-0.25, -0.2) is 4.79 Å². The number of nitrogens with zero attached hydrogens (tertiary/aromatic N) is 2. The van der Waals surface area contributed by atoms with Gasteiger partial charge in [0.25, 0.3) is 0 Å². The number of allylic oxidation sites excluding steroid dienone is 1. The normalized spacial score (nSPS) is 26.1. The molecule has 2 heterocycles. The van der Waals surface area contributed by atoms with Crippen LogP contribution < -0.4 is 0 Å². The van der Waals surface area contributed by atoms with Gasteiger partial charge in [-0.2, -0.15) is 0 Å². The maximum absolute atomic E-state index is 10.9. The molecular weight excluding hydrogens is 296 g/mol. The zero-order valence-electron chi connectivity index (χ0n) is 9.71. The topological polar surface area (TPSA) is 53.4 Å². The Morgan fingerprint density at radius 1 is 1.44 bits per heavy atom. The summed E-state index contributed by atoms with van der Waals surface area (Å²) >= 11 is 3.42. The molecule has 1 N–H and O–H groups in total. The van der Waals surface area contributed by atoms with E-state index in [4.69, 9.17) is 5.11 Å².